The lowest BCUT2D eigenvalue weighted by Crippen LogP contribution is -2.32. The van der Waals surface area contributed by atoms with Crippen LogP contribution in [0.5, 0.6) is 0 Å². The first-order valence-corrected chi connectivity index (χ1v) is 9.82. The molecular formula is C21H21Cl2N3O2. The molecule has 5 nitrogen and oxygen atoms in total. The lowest BCUT2D eigenvalue weighted by atomic mass is 10.1. The molecular weight excluding hydrogens is 397 g/mol. The van der Waals surface area contributed by atoms with E-state index in [1.54, 1.807) is 24.3 Å². The van der Waals surface area contributed by atoms with E-state index in [1.165, 1.54) is 0 Å². The molecule has 28 heavy (non-hydrogen) atoms. The first-order chi connectivity index (χ1) is 13.4. The molecule has 1 atom stereocenters. The molecule has 1 aliphatic heterocycles. The van der Waals surface area contributed by atoms with E-state index >= 15 is 0 Å². The Kier molecular flexibility index (Phi) is 6.46. The van der Waals surface area contributed by atoms with Gasteiger partial charge in [-0.05, 0) is 62.6 Å². The van der Waals surface area contributed by atoms with Gasteiger partial charge < -0.3 is 14.6 Å². The van der Waals surface area contributed by atoms with E-state index in [1.807, 2.05) is 30.6 Å². The number of rotatable bonds is 5. The maximum atomic E-state index is 12.4. The Morgan fingerprint density at radius 1 is 1.39 bits per heavy atom. The molecule has 0 saturated carbocycles. The highest BCUT2D eigenvalue weighted by molar-refractivity contribution is 6.34. The van der Waals surface area contributed by atoms with Crippen molar-refractivity contribution in [2.24, 2.45) is 0 Å². The SMILES string of the molecule is Cc1cc(/C=C(\C#N)C(=O)NC[C@H]2CCCO2)c(C)n1-c1cc(Cl)ccc1Cl. The van der Waals surface area contributed by atoms with Crippen LogP contribution < -0.4 is 5.32 Å². The molecule has 1 fully saturated rings. The van der Waals surface area contributed by atoms with E-state index < -0.39 is 5.91 Å². The summed E-state index contributed by atoms with van der Waals surface area (Å²) in [6.07, 6.45) is 3.55. The molecule has 1 N–H and O–H groups in total. The molecule has 1 amide bonds. The Balaban J connectivity index is 1.87. The number of amides is 1. The number of hydrogen-bond acceptors (Lipinski definition) is 3. The Hall–Kier alpha value is -2.26. The summed E-state index contributed by atoms with van der Waals surface area (Å²) < 4.78 is 7.46. The van der Waals surface area contributed by atoms with Crippen LogP contribution >= 0.6 is 23.2 Å². The molecule has 0 radical (unpaired) electrons. The molecule has 0 aliphatic carbocycles. The van der Waals surface area contributed by atoms with E-state index in [0.29, 0.717) is 16.6 Å². The highest BCUT2D eigenvalue weighted by Crippen LogP contribution is 2.29. The quantitative estimate of drug-likeness (QED) is 0.570. The summed E-state index contributed by atoms with van der Waals surface area (Å²) in [6.45, 7) is 4.98. The maximum absolute atomic E-state index is 12.4. The minimum atomic E-state index is -0.399. The minimum absolute atomic E-state index is 0.0268. The van der Waals surface area contributed by atoms with Gasteiger partial charge in [0.25, 0.3) is 5.91 Å². The third-order valence-corrected chi connectivity index (χ3v) is 5.35. The van der Waals surface area contributed by atoms with Crippen LogP contribution in [0, 0.1) is 25.2 Å². The molecule has 1 aliphatic rings. The number of carbonyl (C=O) groups excluding carboxylic acids is 1. The van der Waals surface area contributed by atoms with Gasteiger partial charge in [-0.25, -0.2) is 0 Å². The summed E-state index contributed by atoms with van der Waals surface area (Å²) in [5, 5.41) is 13.4. The largest absolute Gasteiger partial charge is 0.376 e. The van der Waals surface area contributed by atoms with E-state index in [-0.39, 0.29) is 11.7 Å². The number of nitriles is 1. The molecule has 7 heteroatoms. The van der Waals surface area contributed by atoms with Gasteiger partial charge in [-0.3, -0.25) is 4.79 Å². The number of aryl methyl sites for hydroxylation is 1. The zero-order valence-electron chi connectivity index (χ0n) is 15.8. The summed E-state index contributed by atoms with van der Waals surface area (Å²) in [5.74, 6) is -0.399. The molecule has 146 valence electrons. The van der Waals surface area contributed by atoms with Crippen LogP contribution in [0.3, 0.4) is 0 Å². The van der Waals surface area contributed by atoms with Crippen molar-refractivity contribution in [2.45, 2.75) is 32.8 Å². The molecule has 1 saturated heterocycles. The first-order valence-electron chi connectivity index (χ1n) is 9.06. The Labute approximate surface area is 174 Å². The zero-order chi connectivity index (χ0) is 20.3. The smallest absolute Gasteiger partial charge is 0.262 e. The van der Waals surface area contributed by atoms with Crippen LogP contribution in [-0.4, -0.2) is 29.7 Å². The average molecular weight is 418 g/mol. The normalized spacial score (nSPS) is 16.8. The molecule has 0 spiro atoms. The molecule has 2 heterocycles. The van der Waals surface area contributed by atoms with Crippen molar-refractivity contribution in [3.05, 3.63) is 56.8 Å². The van der Waals surface area contributed by atoms with Gasteiger partial charge in [-0.15, -0.1) is 0 Å². The van der Waals surface area contributed by atoms with E-state index in [4.69, 9.17) is 27.9 Å². The van der Waals surface area contributed by atoms with Gasteiger partial charge in [0, 0.05) is 29.6 Å². The number of aromatic nitrogens is 1. The second kappa shape index (κ2) is 8.83. The van der Waals surface area contributed by atoms with Crippen LogP contribution in [0.25, 0.3) is 11.8 Å². The Bertz CT molecular complexity index is 967. The van der Waals surface area contributed by atoms with Crippen molar-refractivity contribution < 1.29 is 9.53 Å². The van der Waals surface area contributed by atoms with Gasteiger partial charge in [-0.2, -0.15) is 5.26 Å². The van der Waals surface area contributed by atoms with E-state index in [2.05, 4.69) is 5.32 Å². The fraction of sp³-hybridized carbons (Fsp3) is 0.333. The van der Waals surface area contributed by atoms with E-state index in [0.717, 1.165) is 42.1 Å². The van der Waals surface area contributed by atoms with Gasteiger partial charge in [0.1, 0.15) is 11.6 Å². The number of nitrogens with zero attached hydrogens (tertiary/aromatic N) is 2. The maximum Gasteiger partial charge on any atom is 0.262 e. The number of benzene rings is 1. The average Bonchev–Trinajstić information content (AvgIpc) is 3.28. The van der Waals surface area contributed by atoms with Gasteiger partial charge in [0.05, 0.1) is 16.8 Å². The molecule has 1 aromatic carbocycles. The topological polar surface area (TPSA) is 67.1 Å². The summed E-state index contributed by atoms with van der Waals surface area (Å²) in [7, 11) is 0. The fourth-order valence-electron chi connectivity index (χ4n) is 3.37. The third kappa shape index (κ3) is 4.41. The molecule has 0 unspecified atom stereocenters. The standard InChI is InChI=1S/C21H21Cl2N3O2/c1-13-8-15(14(2)26(13)20-10-17(22)5-6-19(20)23)9-16(11-24)21(27)25-12-18-4-3-7-28-18/h5-6,8-10,18H,3-4,7,12H2,1-2H3,(H,25,27)/b16-9+/t18-/m1/s1. The number of ether oxygens (including phenoxy) is 1. The third-order valence-electron chi connectivity index (χ3n) is 4.80. The minimum Gasteiger partial charge on any atom is -0.376 e. The number of nitrogens with one attached hydrogen (secondary N) is 1. The lowest BCUT2D eigenvalue weighted by Gasteiger charge is -2.12. The second-order valence-corrected chi connectivity index (χ2v) is 7.62. The summed E-state index contributed by atoms with van der Waals surface area (Å²) >= 11 is 12.5. The van der Waals surface area contributed by atoms with Crippen LogP contribution in [0.15, 0.2) is 29.8 Å². The Morgan fingerprint density at radius 2 is 2.18 bits per heavy atom. The van der Waals surface area contributed by atoms with Crippen molar-refractivity contribution in [3.8, 4) is 11.8 Å². The number of hydrogen-bond donors (Lipinski definition) is 1. The molecule has 0 bridgehead atoms. The van der Waals surface area contributed by atoms with E-state index in [9.17, 15) is 10.1 Å². The highest BCUT2D eigenvalue weighted by atomic mass is 35.5. The van der Waals surface area contributed by atoms with Crippen molar-refractivity contribution in [1.82, 2.24) is 9.88 Å². The van der Waals surface area contributed by atoms with Crippen molar-refractivity contribution >= 4 is 35.2 Å². The van der Waals surface area contributed by atoms with Gasteiger partial charge in [0.15, 0.2) is 0 Å². The van der Waals surface area contributed by atoms with Gasteiger partial charge in [-0.1, -0.05) is 23.2 Å². The number of carbonyl (C=O) groups is 1. The first kappa shape index (κ1) is 20.5. The lowest BCUT2D eigenvalue weighted by molar-refractivity contribution is -0.117. The zero-order valence-corrected chi connectivity index (χ0v) is 17.3. The molecule has 3 rings (SSSR count). The summed E-state index contributed by atoms with van der Waals surface area (Å²) in [6, 6.07) is 9.17. The Morgan fingerprint density at radius 3 is 2.86 bits per heavy atom. The molecule has 1 aromatic heterocycles. The van der Waals surface area contributed by atoms with Crippen LogP contribution in [0.2, 0.25) is 10.0 Å². The van der Waals surface area contributed by atoms with Crippen molar-refractivity contribution in [1.29, 1.82) is 5.26 Å². The van der Waals surface area contributed by atoms with Gasteiger partial charge >= 0.3 is 0 Å². The predicted molar refractivity (Wildman–Crippen MR) is 111 cm³/mol. The fourth-order valence-corrected chi connectivity index (χ4v) is 3.74. The summed E-state index contributed by atoms with van der Waals surface area (Å²) in [4.78, 5) is 12.4. The van der Waals surface area contributed by atoms with Crippen LogP contribution in [0.4, 0.5) is 0 Å². The highest BCUT2D eigenvalue weighted by Gasteiger charge is 2.19. The van der Waals surface area contributed by atoms with Crippen LogP contribution in [0.1, 0.15) is 29.8 Å². The molecule has 2 aromatic rings. The number of halogens is 2. The predicted octanol–water partition coefficient (Wildman–Crippen LogP) is 4.60. The summed E-state index contributed by atoms with van der Waals surface area (Å²) in [5.41, 5.74) is 3.37. The second-order valence-electron chi connectivity index (χ2n) is 6.77. The van der Waals surface area contributed by atoms with Crippen molar-refractivity contribution in [3.63, 3.8) is 0 Å². The van der Waals surface area contributed by atoms with Gasteiger partial charge in [0.2, 0.25) is 0 Å². The van der Waals surface area contributed by atoms with Crippen molar-refractivity contribution in [2.75, 3.05) is 13.2 Å². The monoisotopic (exact) mass is 417 g/mol. The van der Waals surface area contributed by atoms with Crippen LogP contribution in [-0.2, 0) is 9.53 Å².